The van der Waals surface area contributed by atoms with Crippen molar-refractivity contribution in [3.05, 3.63) is 30.3 Å². The van der Waals surface area contributed by atoms with E-state index in [1.54, 1.807) is 5.01 Å². The predicted molar refractivity (Wildman–Crippen MR) is 84.1 cm³/mol. The number of fused-ring (bicyclic) bond motifs is 5. The van der Waals surface area contributed by atoms with Gasteiger partial charge in [-0.05, 0) is 37.3 Å². The normalized spacial score (nSPS) is 35.8. The van der Waals surface area contributed by atoms with Crippen molar-refractivity contribution in [2.75, 3.05) is 19.2 Å². The molecule has 2 fully saturated rings. The summed E-state index contributed by atoms with van der Waals surface area (Å²) in [5.74, 6) is -1.10. The average molecular weight is 329 g/mol. The summed E-state index contributed by atoms with van der Waals surface area (Å²) in [7, 11) is 2.67. The highest BCUT2D eigenvalue weighted by Gasteiger charge is 2.82. The Balaban J connectivity index is 1.95. The third-order valence-electron chi connectivity index (χ3n) is 5.82. The first kappa shape index (κ1) is 15.1. The number of anilines is 1. The summed E-state index contributed by atoms with van der Waals surface area (Å²) in [6.07, 6.45) is 2.42. The van der Waals surface area contributed by atoms with Crippen LogP contribution in [0, 0.1) is 11.8 Å². The van der Waals surface area contributed by atoms with Gasteiger partial charge in [0.2, 0.25) is 11.1 Å². The van der Waals surface area contributed by atoms with Crippen molar-refractivity contribution < 1.29 is 19.1 Å². The van der Waals surface area contributed by atoms with Crippen LogP contribution in [0.1, 0.15) is 19.3 Å². The van der Waals surface area contributed by atoms with Crippen molar-refractivity contribution in [1.82, 2.24) is 0 Å². The third-order valence-corrected chi connectivity index (χ3v) is 5.82. The second-order valence-electron chi connectivity index (χ2n) is 6.56. The van der Waals surface area contributed by atoms with Gasteiger partial charge in [0.25, 0.3) is 0 Å². The Labute approximate surface area is 139 Å². The Morgan fingerprint density at radius 1 is 1.08 bits per heavy atom. The number of hydrogen-bond acceptors (Lipinski definition) is 7. The fraction of sp³-hybridized carbons (Fsp3) is 0.529. The number of benzene rings is 1. The summed E-state index contributed by atoms with van der Waals surface area (Å²) in [5, 5.41) is 10.2. The van der Waals surface area contributed by atoms with E-state index < -0.39 is 23.0 Å². The summed E-state index contributed by atoms with van der Waals surface area (Å²) in [5.41, 5.74) is -1.88. The third kappa shape index (κ3) is 1.48. The molecule has 4 atom stereocenters. The molecule has 7 heteroatoms. The van der Waals surface area contributed by atoms with Crippen LogP contribution < -0.4 is 5.01 Å². The van der Waals surface area contributed by atoms with Crippen LogP contribution in [-0.4, -0.2) is 37.2 Å². The van der Waals surface area contributed by atoms with Crippen molar-refractivity contribution in [2.45, 2.75) is 30.3 Å². The number of methoxy groups -OCH3 is 2. The van der Waals surface area contributed by atoms with Gasteiger partial charge in [-0.25, -0.2) is 14.6 Å². The number of ether oxygens (including phenoxy) is 2. The lowest BCUT2D eigenvalue weighted by molar-refractivity contribution is -0.163. The minimum Gasteiger partial charge on any atom is -0.467 e. The monoisotopic (exact) mass is 329 g/mol. The molecule has 0 saturated heterocycles. The summed E-state index contributed by atoms with van der Waals surface area (Å²) in [4.78, 5) is 25.8. The van der Waals surface area contributed by atoms with Crippen LogP contribution in [0.4, 0.5) is 5.69 Å². The maximum atomic E-state index is 13.0. The molecule has 0 N–H and O–H groups in total. The molecule has 0 amide bonds. The molecule has 1 aliphatic heterocycles. The molecule has 0 spiro atoms. The molecule has 1 heterocycles. The molecule has 0 aromatic heterocycles. The van der Waals surface area contributed by atoms with Crippen LogP contribution in [0.15, 0.2) is 40.7 Å². The maximum absolute atomic E-state index is 13.0. The number of hydrogen-bond donors (Lipinski definition) is 0. The highest BCUT2D eigenvalue weighted by molar-refractivity contribution is 6.00. The molecule has 24 heavy (non-hydrogen) atoms. The number of nitrogens with zero attached hydrogens (tertiary/aromatic N) is 3. The topological polar surface area (TPSA) is 80.6 Å². The summed E-state index contributed by atoms with van der Waals surface area (Å²) < 4.78 is 10.2. The first-order valence-corrected chi connectivity index (χ1v) is 8.07. The molecule has 4 rings (SSSR count). The Morgan fingerprint density at radius 3 is 2.42 bits per heavy atom. The van der Waals surface area contributed by atoms with E-state index >= 15 is 0 Å². The molecule has 0 unspecified atom stereocenters. The summed E-state index contributed by atoms with van der Waals surface area (Å²) in [6, 6.07) is 9.31. The van der Waals surface area contributed by atoms with Crippen LogP contribution in [0.5, 0.6) is 0 Å². The molecule has 2 bridgehead atoms. The molecule has 1 aromatic rings. The zero-order valence-electron chi connectivity index (χ0n) is 13.6. The number of rotatable bonds is 3. The second-order valence-corrected chi connectivity index (χ2v) is 6.56. The molecule has 126 valence electrons. The Hall–Kier alpha value is -2.44. The van der Waals surface area contributed by atoms with E-state index in [9.17, 15) is 9.59 Å². The standard InChI is InChI=1S/C17H19N3O4/c1-23-14(21)16-11-8-9-12(10-11)17(16,15(22)24-2)20(19-18-16)13-6-4-3-5-7-13/h3-7,11-12H,8-10H2,1-2H3/t11-,12+,16-,17-/m1/s1. The fourth-order valence-corrected chi connectivity index (χ4v) is 4.95. The van der Waals surface area contributed by atoms with Crippen molar-refractivity contribution >= 4 is 17.6 Å². The maximum Gasteiger partial charge on any atom is 0.339 e. The SMILES string of the molecule is COC(=O)[C@@]12N=NN(c3ccccc3)[C@@]1(C(=O)OC)[C@H]1CC[C@@H]2C1. The van der Waals surface area contributed by atoms with E-state index in [2.05, 4.69) is 10.3 Å². The van der Waals surface area contributed by atoms with Crippen LogP contribution in [0.25, 0.3) is 0 Å². The largest absolute Gasteiger partial charge is 0.467 e. The summed E-state index contributed by atoms with van der Waals surface area (Å²) >= 11 is 0. The second kappa shape index (κ2) is 5.03. The van der Waals surface area contributed by atoms with Gasteiger partial charge < -0.3 is 9.47 Å². The summed E-state index contributed by atoms with van der Waals surface area (Å²) in [6.45, 7) is 0. The number of carbonyl (C=O) groups excluding carboxylic acids is 2. The van der Waals surface area contributed by atoms with Crippen molar-refractivity contribution in [1.29, 1.82) is 0 Å². The lowest BCUT2D eigenvalue weighted by atomic mass is 9.66. The smallest absolute Gasteiger partial charge is 0.339 e. The number of carbonyl (C=O) groups is 2. The van der Waals surface area contributed by atoms with Gasteiger partial charge in [0, 0.05) is 5.92 Å². The molecule has 0 radical (unpaired) electrons. The first-order valence-electron chi connectivity index (χ1n) is 8.07. The van der Waals surface area contributed by atoms with Gasteiger partial charge >= 0.3 is 11.9 Å². The highest BCUT2D eigenvalue weighted by atomic mass is 16.5. The van der Waals surface area contributed by atoms with Gasteiger partial charge in [-0.15, -0.1) is 5.11 Å². The zero-order chi connectivity index (χ0) is 16.9. The number of para-hydroxylation sites is 1. The zero-order valence-corrected chi connectivity index (χ0v) is 13.6. The molecule has 7 nitrogen and oxygen atoms in total. The fourth-order valence-electron chi connectivity index (χ4n) is 4.95. The molecule has 2 aliphatic carbocycles. The van der Waals surface area contributed by atoms with Gasteiger partial charge in [0.15, 0.2) is 0 Å². The van der Waals surface area contributed by atoms with E-state index in [-0.39, 0.29) is 11.8 Å². The van der Waals surface area contributed by atoms with Gasteiger partial charge in [-0.2, -0.15) is 0 Å². The quantitative estimate of drug-likeness (QED) is 0.794. The predicted octanol–water partition coefficient (Wildman–Crippen LogP) is 2.13. The lowest BCUT2D eigenvalue weighted by Crippen LogP contribution is -2.70. The van der Waals surface area contributed by atoms with Crippen LogP contribution in [0.3, 0.4) is 0 Å². The van der Waals surface area contributed by atoms with Gasteiger partial charge in [0.1, 0.15) is 0 Å². The van der Waals surface area contributed by atoms with Crippen LogP contribution >= 0.6 is 0 Å². The first-order chi connectivity index (χ1) is 11.6. The van der Waals surface area contributed by atoms with E-state index in [0.29, 0.717) is 5.69 Å². The van der Waals surface area contributed by atoms with Crippen molar-refractivity contribution in [3.8, 4) is 0 Å². The minimum absolute atomic E-state index is 0.0516. The average Bonchev–Trinajstić information content (AvgIpc) is 3.31. The van der Waals surface area contributed by atoms with E-state index in [1.807, 2.05) is 30.3 Å². The molecular formula is C17H19N3O4. The number of esters is 2. The van der Waals surface area contributed by atoms with Gasteiger partial charge in [0.05, 0.1) is 19.9 Å². The van der Waals surface area contributed by atoms with Crippen molar-refractivity contribution in [3.63, 3.8) is 0 Å². The molecule has 1 aromatic carbocycles. The molecular weight excluding hydrogens is 310 g/mol. The van der Waals surface area contributed by atoms with Crippen LogP contribution in [-0.2, 0) is 19.1 Å². The Bertz CT molecular complexity index is 722. The lowest BCUT2D eigenvalue weighted by Gasteiger charge is -2.44. The molecule has 3 aliphatic rings. The minimum atomic E-state index is -1.33. The van der Waals surface area contributed by atoms with E-state index in [1.165, 1.54) is 14.2 Å². The van der Waals surface area contributed by atoms with Gasteiger partial charge in [-0.3, -0.25) is 0 Å². The van der Waals surface area contributed by atoms with E-state index in [4.69, 9.17) is 9.47 Å². The van der Waals surface area contributed by atoms with E-state index in [0.717, 1.165) is 19.3 Å². The van der Waals surface area contributed by atoms with Crippen molar-refractivity contribution in [2.24, 2.45) is 22.2 Å². The molecule has 2 saturated carbocycles. The van der Waals surface area contributed by atoms with Gasteiger partial charge in [-0.1, -0.05) is 23.4 Å². The van der Waals surface area contributed by atoms with Crippen LogP contribution in [0.2, 0.25) is 0 Å². The Morgan fingerprint density at radius 2 is 1.75 bits per heavy atom. The highest BCUT2D eigenvalue weighted by Crippen LogP contribution is 2.65. The Kier molecular flexibility index (Phi) is 3.16.